The number of nitrogens with two attached hydrogens (primary N) is 1. The monoisotopic (exact) mass is 366 g/mol. The second kappa shape index (κ2) is 22.7. The van der Waals surface area contributed by atoms with Crippen LogP contribution in [0.5, 0.6) is 0 Å². The predicted molar refractivity (Wildman–Crippen MR) is 120 cm³/mol. The zero-order chi connectivity index (χ0) is 19.1. The van der Waals surface area contributed by atoms with Crippen molar-refractivity contribution in [1.82, 2.24) is 4.90 Å². The lowest BCUT2D eigenvalue weighted by atomic mass is 10.1. The summed E-state index contributed by atoms with van der Waals surface area (Å²) in [5.41, 5.74) is 5.51. The summed E-state index contributed by atoms with van der Waals surface area (Å²) >= 11 is 0. The van der Waals surface area contributed by atoms with E-state index in [1.54, 1.807) is 0 Å². The highest BCUT2D eigenvalue weighted by molar-refractivity contribution is 4.81. The molecule has 0 aliphatic heterocycles. The van der Waals surface area contributed by atoms with Crippen LogP contribution in [0.25, 0.3) is 0 Å². The van der Waals surface area contributed by atoms with Gasteiger partial charge in [0.2, 0.25) is 0 Å². The topological polar surface area (TPSA) is 29.3 Å². The first-order valence-corrected chi connectivity index (χ1v) is 11.9. The highest BCUT2D eigenvalue weighted by Crippen LogP contribution is 2.11. The van der Waals surface area contributed by atoms with Crippen LogP contribution in [0.2, 0.25) is 0 Å². The molecule has 0 rings (SSSR count). The average molecular weight is 367 g/mol. The molecule has 0 bridgehead atoms. The molecule has 156 valence electrons. The molecule has 0 fully saturated rings. The van der Waals surface area contributed by atoms with Crippen molar-refractivity contribution >= 4 is 0 Å². The van der Waals surface area contributed by atoms with Crippen LogP contribution >= 0.6 is 0 Å². The van der Waals surface area contributed by atoms with Crippen molar-refractivity contribution in [3.63, 3.8) is 0 Å². The predicted octanol–water partition coefficient (Wildman–Crippen LogP) is 7.08. The van der Waals surface area contributed by atoms with Crippen LogP contribution in [-0.4, -0.2) is 31.1 Å². The molecule has 2 N–H and O–H groups in total. The van der Waals surface area contributed by atoms with Gasteiger partial charge in [-0.15, -0.1) is 0 Å². The summed E-state index contributed by atoms with van der Waals surface area (Å²) in [5, 5.41) is 0. The molecule has 0 saturated carbocycles. The molecule has 0 unspecified atom stereocenters. The molecular formula is C24H50N2. The number of hydrogen-bond acceptors (Lipinski definition) is 2. The van der Waals surface area contributed by atoms with Crippen LogP contribution in [0.1, 0.15) is 117 Å². The maximum absolute atomic E-state index is 5.51. The third-order valence-electron chi connectivity index (χ3n) is 5.48. The Labute approximate surface area is 166 Å². The van der Waals surface area contributed by atoms with E-state index < -0.39 is 0 Å². The molecule has 0 atom stereocenters. The van der Waals surface area contributed by atoms with Crippen LogP contribution in [-0.2, 0) is 0 Å². The Bertz CT molecular complexity index is 271. The van der Waals surface area contributed by atoms with E-state index in [9.17, 15) is 0 Å². The van der Waals surface area contributed by atoms with E-state index >= 15 is 0 Å². The van der Waals surface area contributed by atoms with Crippen molar-refractivity contribution in [2.24, 2.45) is 5.73 Å². The summed E-state index contributed by atoms with van der Waals surface area (Å²) in [4.78, 5) is 2.54. The quantitative estimate of drug-likeness (QED) is 0.174. The molecule has 26 heavy (non-hydrogen) atoms. The molecule has 0 heterocycles. The van der Waals surface area contributed by atoms with Crippen molar-refractivity contribution in [3.05, 3.63) is 12.2 Å². The van der Waals surface area contributed by atoms with E-state index in [4.69, 9.17) is 5.73 Å². The molecule has 0 saturated heterocycles. The normalized spacial score (nSPS) is 11.8. The lowest BCUT2D eigenvalue weighted by molar-refractivity contribution is 0.295. The highest BCUT2D eigenvalue weighted by atomic mass is 15.1. The fourth-order valence-corrected chi connectivity index (χ4v) is 3.55. The van der Waals surface area contributed by atoms with Gasteiger partial charge in [0.25, 0.3) is 0 Å². The zero-order valence-corrected chi connectivity index (χ0v) is 18.3. The Kier molecular flexibility index (Phi) is 22.4. The lowest BCUT2D eigenvalue weighted by Gasteiger charge is -2.17. The Morgan fingerprint density at radius 1 is 0.538 bits per heavy atom. The molecule has 0 aromatic heterocycles. The van der Waals surface area contributed by atoms with Gasteiger partial charge >= 0.3 is 0 Å². The Balaban J connectivity index is 3.13. The summed E-state index contributed by atoms with van der Waals surface area (Å²) in [6.45, 7) is 9.11. The second-order valence-electron chi connectivity index (χ2n) is 7.81. The average Bonchev–Trinajstić information content (AvgIpc) is 2.66. The molecule has 0 aromatic carbocycles. The Morgan fingerprint density at radius 2 is 0.923 bits per heavy atom. The minimum atomic E-state index is 0.864. The summed E-state index contributed by atoms with van der Waals surface area (Å²) in [7, 11) is 0. The van der Waals surface area contributed by atoms with Crippen molar-refractivity contribution in [1.29, 1.82) is 0 Å². The molecule has 2 heteroatoms. The largest absolute Gasteiger partial charge is 0.330 e. The molecule has 0 amide bonds. The number of nitrogens with zero attached hydrogens (tertiary/aromatic N) is 1. The van der Waals surface area contributed by atoms with Crippen molar-refractivity contribution in [2.45, 2.75) is 117 Å². The molecule has 0 aromatic rings. The smallest absolute Gasteiger partial charge is 0.00190 e. The number of unbranched alkanes of at least 4 members (excludes halogenated alkanes) is 14. The molecule has 2 nitrogen and oxygen atoms in total. The maximum Gasteiger partial charge on any atom is -0.00190 e. The zero-order valence-electron chi connectivity index (χ0n) is 18.3. The van der Waals surface area contributed by atoms with Crippen LogP contribution in [0.4, 0.5) is 0 Å². The van der Waals surface area contributed by atoms with E-state index in [1.165, 1.54) is 122 Å². The summed E-state index contributed by atoms with van der Waals surface area (Å²) in [6.07, 6.45) is 26.8. The maximum atomic E-state index is 5.51. The van der Waals surface area contributed by atoms with Gasteiger partial charge in [0.15, 0.2) is 0 Å². The van der Waals surface area contributed by atoms with Gasteiger partial charge in [0, 0.05) is 0 Å². The van der Waals surface area contributed by atoms with Crippen molar-refractivity contribution < 1.29 is 0 Å². The van der Waals surface area contributed by atoms with Gasteiger partial charge in [-0.2, -0.15) is 0 Å². The van der Waals surface area contributed by atoms with Gasteiger partial charge in [-0.1, -0.05) is 90.2 Å². The van der Waals surface area contributed by atoms with Gasteiger partial charge < -0.3 is 10.6 Å². The Morgan fingerprint density at radius 3 is 1.35 bits per heavy atom. The van der Waals surface area contributed by atoms with Gasteiger partial charge in [0.05, 0.1) is 0 Å². The number of rotatable bonds is 21. The van der Waals surface area contributed by atoms with Crippen LogP contribution < -0.4 is 5.73 Å². The summed E-state index contributed by atoms with van der Waals surface area (Å²) < 4.78 is 0. The van der Waals surface area contributed by atoms with Crippen LogP contribution in [0.3, 0.4) is 0 Å². The minimum absolute atomic E-state index is 0.864. The first-order chi connectivity index (χ1) is 12.8. The fourth-order valence-electron chi connectivity index (χ4n) is 3.55. The highest BCUT2D eigenvalue weighted by Gasteiger charge is 1.98. The standard InChI is InChI=1S/C24H50N2/c1-3-26(4-2)24-22-20-18-16-14-12-10-8-6-5-7-9-11-13-15-17-19-21-23-25/h6,8H,3-5,7,9-25H2,1-2H3. The lowest BCUT2D eigenvalue weighted by Crippen LogP contribution is -2.23. The first-order valence-electron chi connectivity index (χ1n) is 11.9. The fraction of sp³-hybridized carbons (Fsp3) is 0.917. The van der Waals surface area contributed by atoms with Gasteiger partial charge in [0.1, 0.15) is 0 Å². The van der Waals surface area contributed by atoms with E-state index in [1.807, 2.05) is 0 Å². The van der Waals surface area contributed by atoms with Gasteiger partial charge in [-0.05, 0) is 64.7 Å². The Hall–Kier alpha value is -0.340. The second-order valence-corrected chi connectivity index (χ2v) is 7.81. The summed E-state index contributed by atoms with van der Waals surface area (Å²) in [5.74, 6) is 0. The van der Waals surface area contributed by atoms with Crippen molar-refractivity contribution in [2.75, 3.05) is 26.2 Å². The minimum Gasteiger partial charge on any atom is -0.330 e. The van der Waals surface area contributed by atoms with Crippen LogP contribution in [0, 0.1) is 0 Å². The van der Waals surface area contributed by atoms with Gasteiger partial charge in [-0.25, -0.2) is 0 Å². The molecule has 0 aliphatic carbocycles. The van der Waals surface area contributed by atoms with E-state index in [0.29, 0.717) is 0 Å². The summed E-state index contributed by atoms with van der Waals surface area (Å²) in [6, 6.07) is 0. The molecule has 0 spiro atoms. The van der Waals surface area contributed by atoms with E-state index in [0.717, 1.165) is 6.54 Å². The third kappa shape index (κ3) is 20.0. The van der Waals surface area contributed by atoms with E-state index in [2.05, 4.69) is 30.9 Å². The molecular weight excluding hydrogens is 316 g/mol. The van der Waals surface area contributed by atoms with Crippen LogP contribution in [0.15, 0.2) is 12.2 Å². The molecule has 0 aliphatic rings. The molecule has 0 radical (unpaired) electrons. The van der Waals surface area contributed by atoms with Crippen molar-refractivity contribution in [3.8, 4) is 0 Å². The number of hydrogen-bond donors (Lipinski definition) is 1. The van der Waals surface area contributed by atoms with Gasteiger partial charge in [-0.3, -0.25) is 0 Å². The first kappa shape index (κ1) is 25.7. The van der Waals surface area contributed by atoms with E-state index in [-0.39, 0.29) is 0 Å². The number of allylic oxidation sites excluding steroid dienone is 2. The third-order valence-corrected chi connectivity index (χ3v) is 5.48. The SMILES string of the molecule is CCN(CC)CCCCCCCCC=CCCCCCCCCCCN.